The fourth-order valence-corrected chi connectivity index (χ4v) is 0. The van der Waals surface area contributed by atoms with Crippen molar-refractivity contribution < 1.29 is 43.8 Å². The molecular formula is H8Al2MgO8. The van der Waals surface area contributed by atoms with E-state index < -0.39 is 0 Å². The Morgan fingerprint density at radius 2 is 0.273 bits per heavy atom. The van der Waals surface area contributed by atoms with Crippen molar-refractivity contribution >= 4 is 57.8 Å². The molecule has 11 heteroatoms. The molecule has 0 fully saturated rings. The molecule has 0 radical (unpaired) electrons. The van der Waals surface area contributed by atoms with Crippen molar-refractivity contribution in [2.75, 3.05) is 0 Å². The molecular weight excluding hydrogens is 206 g/mol. The Balaban J connectivity index is 0. The van der Waals surface area contributed by atoms with Crippen molar-refractivity contribution in [2.24, 2.45) is 0 Å². The van der Waals surface area contributed by atoms with E-state index in [9.17, 15) is 0 Å². The van der Waals surface area contributed by atoms with Crippen LogP contribution >= 0.6 is 0 Å². The molecule has 0 aliphatic heterocycles. The topological polar surface area (TPSA) is 240 Å². The summed E-state index contributed by atoms with van der Waals surface area (Å²) in [5, 5.41) is 0. The molecule has 8 N–H and O–H groups in total. The number of rotatable bonds is 0. The number of hydrogen-bond donors (Lipinski definition) is 0. The van der Waals surface area contributed by atoms with Crippen LogP contribution in [-0.4, -0.2) is 102 Å². The van der Waals surface area contributed by atoms with E-state index in [0.29, 0.717) is 0 Å². The van der Waals surface area contributed by atoms with E-state index in [1.54, 1.807) is 0 Å². The summed E-state index contributed by atoms with van der Waals surface area (Å²) in [5.41, 5.74) is 0. The first kappa shape index (κ1) is 726. The maximum atomic E-state index is 0. The summed E-state index contributed by atoms with van der Waals surface area (Å²) in [6.45, 7) is 0. The van der Waals surface area contributed by atoms with Crippen molar-refractivity contribution in [3.8, 4) is 0 Å². The average Bonchev–Trinajstić information content (AvgIpc) is 0. The molecule has 0 aromatic heterocycles. The van der Waals surface area contributed by atoms with Gasteiger partial charge in [-0.1, -0.05) is 0 Å². The second-order valence-corrected chi connectivity index (χ2v) is 0. The normalized spacial score (nSPS) is 0. The molecule has 0 amide bonds. The first-order chi connectivity index (χ1) is 0. The minimum absolute atomic E-state index is 0. The van der Waals surface area contributed by atoms with Gasteiger partial charge in [0, 0.05) is 0 Å². The van der Waals surface area contributed by atoms with Crippen LogP contribution in [0.4, 0.5) is 0 Å². The van der Waals surface area contributed by atoms with Crippen LogP contribution in [0.1, 0.15) is 0 Å². The van der Waals surface area contributed by atoms with Gasteiger partial charge in [-0.25, -0.2) is 0 Å². The van der Waals surface area contributed by atoms with E-state index in [0.717, 1.165) is 0 Å². The zero-order valence-corrected chi connectivity index (χ0v) is 9.16. The maximum absolute atomic E-state index is 0. The average molecular weight is 214 g/mol. The van der Waals surface area contributed by atoms with Crippen LogP contribution in [0.25, 0.3) is 0 Å². The largest absolute Gasteiger partial charge is 3.00 e. The van der Waals surface area contributed by atoms with Crippen molar-refractivity contribution in [2.45, 2.75) is 0 Å². The van der Waals surface area contributed by atoms with E-state index in [4.69, 9.17) is 0 Å². The Hall–Kier alpha value is 1.51. The van der Waals surface area contributed by atoms with Crippen LogP contribution in [0.5, 0.6) is 0 Å². The third-order valence-electron chi connectivity index (χ3n) is 0. The third kappa shape index (κ3) is 456. The molecule has 0 saturated carbocycles. The van der Waals surface area contributed by atoms with Crippen LogP contribution in [0, 0.1) is 0 Å². The Kier molecular flexibility index (Phi) is 36800. The van der Waals surface area contributed by atoms with Gasteiger partial charge in [0.2, 0.25) is 0 Å². The van der Waals surface area contributed by atoms with E-state index in [2.05, 4.69) is 0 Å². The summed E-state index contributed by atoms with van der Waals surface area (Å²) < 4.78 is 0. The first-order valence-electron chi connectivity index (χ1n) is 0. The molecule has 0 unspecified atom stereocenters. The quantitative estimate of drug-likeness (QED) is 0.387. The Labute approximate surface area is 101 Å². The van der Waals surface area contributed by atoms with Gasteiger partial charge in [0.15, 0.2) is 0 Å². The van der Waals surface area contributed by atoms with Gasteiger partial charge in [-0.3, -0.25) is 0 Å². The van der Waals surface area contributed by atoms with Gasteiger partial charge in [-0.2, -0.15) is 0 Å². The van der Waals surface area contributed by atoms with Crippen LogP contribution in [0.15, 0.2) is 0 Å². The van der Waals surface area contributed by atoms with Crippen LogP contribution in [-0.2, 0) is 0 Å². The first-order valence-corrected chi connectivity index (χ1v) is 0. The summed E-state index contributed by atoms with van der Waals surface area (Å²) >= 11 is 0. The van der Waals surface area contributed by atoms with Crippen LogP contribution in [0.3, 0.4) is 0 Å². The molecule has 0 aliphatic rings. The van der Waals surface area contributed by atoms with Gasteiger partial charge < -0.3 is 43.8 Å². The van der Waals surface area contributed by atoms with E-state index in [1.807, 2.05) is 0 Å². The van der Waals surface area contributed by atoms with Gasteiger partial charge in [-0.15, -0.1) is 0 Å². The zero-order valence-electron chi connectivity index (χ0n) is 5.44. The van der Waals surface area contributed by atoms with Crippen LogP contribution in [0.2, 0.25) is 0 Å². The van der Waals surface area contributed by atoms with Gasteiger partial charge >= 0.3 is 57.8 Å². The third-order valence-corrected chi connectivity index (χ3v) is 0. The molecule has 0 aromatic rings. The second kappa shape index (κ2) is 557. The van der Waals surface area contributed by atoms with E-state index in [-0.39, 0.29) is 102 Å². The minimum Gasteiger partial charge on any atom is -0.870 e. The smallest absolute Gasteiger partial charge is 0.870 e. The van der Waals surface area contributed by atoms with Crippen molar-refractivity contribution in [1.82, 2.24) is 0 Å². The fraction of sp³-hybridized carbons (Fsp3) is 0. The predicted octanol–water partition coefficient (Wildman–Crippen LogP) is -2.56. The molecule has 64 valence electrons. The molecule has 0 saturated heterocycles. The summed E-state index contributed by atoms with van der Waals surface area (Å²) in [5.74, 6) is 0. The summed E-state index contributed by atoms with van der Waals surface area (Å²) in [6, 6.07) is 0. The summed E-state index contributed by atoms with van der Waals surface area (Å²) in [7, 11) is 0. The van der Waals surface area contributed by atoms with Gasteiger partial charge in [-0.05, 0) is 0 Å². The molecule has 11 heavy (non-hydrogen) atoms. The van der Waals surface area contributed by atoms with Crippen molar-refractivity contribution in [3.63, 3.8) is 0 Å². The Bertz CT molecular complexity index is 12.1. The molecule has 0 heterocycles. The summed E-state index contributed by atoms with van der Waals surface area (Å²) in [6.07, 6.45) is 0. The van der Waals surface area contributed by atoms with Crippen molar-refractivity contribution in [1.29, 1.82) is 0 Å². The number of hydrogen-bond acceptors (Lipinski definition) is 8. The minimum atomic E-state index is 0. The molecule has 0 aromatic carbocycles. The fourth-order valence-electron chi connectivity index (χ4n) is 0. The van der Waals surface area contributed by atoms with E-state index in [1.165, 1.54) is 0 Å². The molecule has 0 aliphatic carbocycles. The molecule has 0 rings (SSSR count). The SMILES string of the molecule is [Al+3].[Al+3].[Mg+2].[OH-].[OH-].[OH-].[OH-].[OH-].[OH-].[OH-].[OH-]. The standard InChI is InChI=1S/2Al.Mg.8H2O/h;;;8*1H2/q2*+3;+2;;;;;;;;/p-8. The maximum Gasteiger partial charge on any atom is 3.00 e. The Morgan fingerprint density at radius 3 is 0.273 bits per heavy atom. The predicted molar refractivity (Wildman–Crippen MR) is 32.7 cm³/mol. The second-order valence-electron chi connectivity index (χ2n) is 0. The van der Waals surface area contributed by atoms with Crippen molar-refractivity contribution in [3.05, 3.63) is 0 Å². The van der Waals surface area contributed by atoms with Gasteiger partial charge in [0.05, 0.1) is 0 Å². The van der Waals surface area contributed by atoms with Crippen LogP contribution < -0.4 is 0 Å². The van der Waals surface area contributed by atoms with Gasteiger partial charge in [0.25, 0.3) is 0 Å². The van der Waals surface area contributed by atoms with Gasteiger partial charge in [0.1, 0.15) is 0 Å². The summed E-state index contributed by atoms with van der Waals surface area (Å²) in [4.78, 5) is 0. The zero-order chi connectivity index (χ0) is 0. The molecule has 0 bridgehead atoms. The van der Waals surface area contributed by atoms with E-state index >= 15 is 0 Å². The molecule has 0 spiro atoms. The molecule has 0 atom stereocenters. The molecule has 8 nitrogen and oxygen atoms in total. The Morgan fingerprint density at radius 1 is 0.273 bits per heavy atom. The monoisotopic (exact) mass is 214 g/mol.